The van der Waals surface area contributed by atoms with Gasteiger partial charge in [0.15, 0.2) is 0 Å². The van der Waals surface area contributed by atoms with Crippen molar-refractivity contribution < 1.29 is 9.84 Å². The van der Waals surface area contributed by atoms with Crippen molar-refractivity contribution in [3.8, 4) is 0 Å². The molecule has 0 bridgehead atoms. The van der Waals surface area contributed by atoms with Gasteiger partial charge in [-0.3, -0.25) is 0 Å². The number of aliphatic hydroxyl groups is 1. The zero-order chi connectivity index (χ0) is 9.36. The third kappa shape index (κ3) is 5.24. The van der Waals surface area contributed by atoms with Crippen LogP contribution in [0.1, 0.15) is 32.1 Å². The van der Waals surface area contributed by atoms with Gasteiger partial charge in [-0.2, -0.15) is 0 Å². The highest BCUT2D eigenvalue weighted by atomic mass is 16.5. The fourth-order valence-electron chi connectivity index (χ4n) is 1.63. The normalized spacial score (nSPS) is 23.3. The van der Waals surface area contributed by atoms with Crippen LogP contribution in [0.2, 0.25) is 0 Å². The number of hydrogen-bond donors (Lipinski definition) is 2. The molecular formula is C10H21NO2. The Labute approximate surface area is 80.5 Å². The van der Waals surface area contributed by atoms with Crippen molar-refractivity contribution in [3.63, 3.8) is 0 Å². The van der Waals surface area contributed by atoms with E-state index in [-0.39, 0.29) is 6.61 Å². The molecule has 1 heterocycles. The second kappa shape index (κ2) is 7.30. The van der Waals surface area contributed by atoms with Crippen molar-refractivity contribution in [2.45, 2.75) is 38.2 Å². The van der Waals surface area contributed by atoms with Crippen LogP contribution in [0.25, 0.3) is 0 Å². The minimum Gasteiger partial charge on any atom is -0.396 e. The molecule has 3 nitrogen and oxygen atoms in total. The van der Waals surface area contributed by atoms with Gasteiger partial charge in [0.05, 0.1) is 6.10 Å². The van der Waals surface area contributed by atoms with Gasteiger partial charge in [-0.25, -0.2) is 0 Å². The molecule has 0 aromatic carbocycles. The van der Waals surface area contributed by atoms with Crippen molar-refractivity contribution in [1.82, 2.24) is 5.32 Å². The van der Waals surface area contributed by atoms with E-state index in [9.17, 15) is 0 Å². The number of rotatable bonds is 6. The number of nitrogens with one attached hydrogen (secondary N) is 1. The molecule has 1 aliphatic rings. The smallest absolute Gasteiger partial charge is 0.0587 e. The zero-order valence-electron chi connectivity index (χ0n) is 8.30. The summed E-state index contributed by atoms with van der Waals surface area (Å²) in [5.74, 6) is 0. The van der Waals surface area contributed by atoms with E-state index in [0.29, 0.717) is 6.10 Å². The minimum atomic E-state index is 0.285. The first kappa shape index (κ1) is 11.0. The Bertz CT molecular complexity index is 113. The van der Waals surface area contributed by atoms with Crippen molar-refractivity contribution in [3.05, 3.63) is 0 Å². The van der Waals surface area contributed by atoms with Gasteiger partial charge in [0, 0.05) is 13.2 Å². The largest absolute Gasteiger partial charge is 0.396 e. The fourth-order valence-corrected chi connectivity index (χ4v) is 1.63. The molecule has 0 saturated carbocycles. The molecule has 2 N–H and O–H groups in total. The summed E-state index contributed by atoms with van der Waals surface area (Å²) in [6.45, 7) is 3.17. The quantitative estimate of drug-likeness (QED) is 0.607. The van der Waals surface area contributed by atoms with Crippen LogP contribution in [0.5, 0.6) is 0 Å². The van der Waals surface area contributed by atoms with Crippen LogP contribution in [0, 0.1) is 0 Å². The van der Waals surface area contributed by atoms with Gasteiger partial charge in [0.1, 0.15) is 0 Å². The standard InChI is InChI=1S/C10H21NO2/c12-8-3-6-11-7-5-10-4-1-2-9-13-10/h10-12H,1-9H2. The van der Waals surface area contributed by atoms with Crippen LogP contribution < -0.4 is 5.32 Å². The van der Waals surface area contributed by atoms with Gasteiger partial charge in [-0.15, -0.1) is 0 Å². The van der Waals surface area contributed by atoms with Crippen LogP contribution in [0.15, 0.2) is 0 Å². The molecule has 3 heteroatoms. The van der Waals surface area contributed by atoms with E-state index in [1.807, 2.05) is 0 Å². The van der Waals surface area contributed by atoms with Crippen molar-refractivity contribution in [2.75, 3.05) is 26.3 Å². The lowest BCUT2D eigenvalue weighted by atomic mass is 10.1. The maximum atomic E-state index is 8.55. The molecular weight excluding hydrogens is 166 g/mol. The average Bonchev–Trinajstić information content (AvgIpc) is 2.19. The molecule has 0 aromatic rings. The second-order valence-corrected chi connectivity index (χ2v) is 3.60. The third-order valence-corrected chi connectivity index (χ3v) is 2.43. The molecule has 0 aromatic heterocycles. The summed E-state index contributed by atoms with van der Waals surface area (Å²) in [7, 11) is 0. The molecule has 13 heavy (non-hydrogen) atoms. The van der Waals surface area contributed by atoms with Crippen LogP contribution in [0.3, 0.4) is 0 Å². The monoisotopic (exact) mass is 187 g/mol. The van der Waals surface area contributed by atoms with E-state index in [1.54, 1.807) is 0 Å². The highest BCUT2D eigenvalue weighted by Gasteiger charge is 2.12. The van der Waals surface area contributed by atoms with Gasteiger partial charge >= 0.3 is 0 Å². The van der Waals surface area contributed by atoms with Gasteiger partial charge in [-0.1, -0.05) is 0 Å². The molecule has 1 fully saturated rings. The topological polar surface area (TPSA) is 41.5 Å². The van der Waals surface area contributed by atoms with E-state index >= 15 is 0 Å². The van der Waals surface area contributed by atoms with Crippen molar-refractivity contribution in [1.29, 1.82) is 0 Å². The molecule has 1 atom stereocenters. The molecule has 0 spiro atoms. The van der Waals surface area contributed by atoms with E-state index in [1.165, 1.54) is 19.3 Å². The maximum absolute atomic E-state index is 8.55. The Balaban J connectivity index is 1.86. The summed E-state index contributed by atoms with van der Waals surface area (Å²) in [5.41, 5.74) is 0. The van der Waals surface area contributed by atoms with Crippen molar-refractivity contribution >= 4 is 0 Å². The summed E-state index contributed by atoms with van der Waals surface area (Å²) >= 11 is 0. The third-order valence-electron chi connectivity index (χ3n) is 2.43. The molecule has 1 rings (SSSR count). The average molecular weight is 187 g/mol. The molecule has 1 aliphatic heterocycles. The lowest BCUT2D eigenvalue weighted by Gasteiger charge is -2.22. The number of hydrogen-bond acceptors (Lipinski definition) is 3. The maximum Gasteiger partial charge on any atom is 0.0587 e. The molecule has 0 amide bonds. The molecule has 0 radical (unpaired) electrons. The summed E-state index contributed by atoms with van der Waals surface area (Å²) < 4.78 is 5.60. The predicted molar refractivity (Wildman–Crippen MR) is 52.8 cm³/mol. The Kier molecular flexibility index (Phi) is 6.15. The van der Waals surface area contributed by atoms with Gasteiger partial charge in [-0.05, 0) is 45.2 Å². The van der Waals surface area contributed by atoms with Gasteiger partial charge in [0.25, 0.3) is 0 Å². The SMILES string of the molecule is OCCCNCCC1CCCCO1. The number of ether oxygens (including phenoxy) is 1. The Morgan fingerprint density at radius 2 is 2.23 bits per heavy atom. The van der Waals surface area contributed by atoms with Crippen LogP contribution >= 0.6 is 0 Å². The first-order chi connectivity index (χ1) is 6.43. The Morgan fingerprint density at radius 3 is 2.92 bits per heavy atom. The summed E-state index contributed by atoms with van der Waals surface area (Å²) in [4.78, 5) is 0. The lowest BCUT2D eigenvalue weighted by molar-refractivity contribution is 0.0116. The fraction of sp³-hybridized carbons (Fsp3) is 1.00. The van der Waals surface area contributed by atoms with E-state index in [4.69, 9.17) is 9.84 Å². The van der Waals surface area contributed by atoms with Crippen LogP contribution in [-0.2, 0) is 4.74 Å². The van der Waals surface area contributed by atoms with Crippen LogP contribution in [0.4, 0.5) is 0 Å². The summed E-state index contributed by atoms with van der Waals surface area (Å²) in [6.07, 6.45) is 6.23. The minimum absolute atomic E-state index is 0.285. The van der Waals surface area contributed by atoms with Gasteiger partial charge < -0.3 is 15.2 Å². The summed E-state index contributed by atoms with van der Waals surface area (Å²) in [6, 6.07) is 0. The molecule has 1 unspecified atom stereocenters. The first-order valence-corrected chi connectivity index (χ1v) is 5.36. The highest BCUT2D eigenvalue weighted by molar-refractivity contribution is 4.64. The first-order valence-electron chi connectivity index (χ1n) is 5.36. The van der Waals surface area contributed by atoms with Crippen LogP contribution in [-0.4, -0.2) is 37.5 Å². The summed E-state index contributed by atoms with van der Waals surface area (Å²) in [5, 5.41) is 11.8. The van der Waals surface area contributed by atoms with E-state index in [0.717, 1.165) is 32.5 Å². The van der Waals surface area contributed by atoms with E-state index in [2.05, 4.69) is 5.32 Å². The second-order valence-electron chi connectivity index (χ2n) is 3.60. The van der Waals surface area contributed by atoms with Crippen molar-refractivity contribution in [2.24, 2.45) is 0 Å². The molecule has 78 valence electrons. The van der Waals surface area contributed by atoms with Gasteiger partial charge in [0.2, 0.25) is 0 Å². The number of aliphatic hydroxyl groups excluding tert-OH is 1. The molecule has 0 aliphatic carbocycles. The predicted octanol–water partition coefficient (Wildman–Crippen LogP) is 0.918. The molecule has 1 saturated heterocycles. The van der Waals surface area contributed by atoms with E-state index < -0.39 is 0 Å². The lowest BCUT2D eigenvalue weighted by Crippen LogP contribution is -2.26. The zero-order valence-corrected chi connectivity index (χ0v) is 8.30. The Morgan fingerprint density at radius 1 is 1.31 bits per heavy atom. The Hall–Kier alpha value is -0.120. The highest BCUT2D eigenvalue weighted by Crippen LogP contribution is 2.14.